The van der Waals surface area contributed by atoms with Gasteiger partial charge >= 0.3 is 125 Å². The molecule has 0 radical (unpaired) electrons. The summed E-state index contributed by atoms with van der Waals surface area (Å²) in [5.74, 6) is 0.884. The molecule has 0 saturated carbocycles. The van der Waals surface area contributed by atoms with Crippen molar-refractivity contribution in [1.82, 2.24) is 4.98 Å². The van der Waals surface area contributed by atoms with Crippen molar-refractivity contribution in [1.29, 1.82) is 0 Å². The quantitative estimate of drug-likeness (QED) is 0.760. The summed E-state index contributed by atoms with van der Waals surface area (Å²) in [4.78, 5) is 11.7. The van der Waals surface area contributed by atoms with Crippen LogP contribution in [-0.2, 0) is 0 Å². The third-order valence-electron chi connectivity index (χ3n) is 3.14. The van der Waals surface area contributed by atoms with E-state index in [2.05, 4.69) is 56.2 Å². The zero-order chi connectivity index (χ0) is 14.6. The standard InChI is InChI=1S/C14H12NO.3CH3.Sn/c1-16-14-6-4-12(5-7-14)2-3-13-8-10-15-11-9-13;;;;/h2-10H,1H3;3*1H3;/b3-2+;;;;. The number of benzene rings is 1. The molecular weight excluding hydrogens is 353 g/mol. The summed E-state index contributed by atoms with van der Waals surface area (Å²) in [6.07, 6.45) is 6.19. The van der Waals surface area contributed by atoms with Crippen LogP contribution in [0.3, 0.4) is 0 Å². The molecule has 104 valence electrons. The van der Waals surface area contributed by atoms with Crippen molar-refractivity contribution >= 4 is 34.2 Å². The molecule has 0 unspecified atom stereocenters. The molecule has 0 aliphatic carbocycles. The first kappa shape index (κ1) is 15.1. The van der Waals surface area contributed by atoms with E-state index in [0.717, 1.165) is 5.75 Å². The zero-order valence-electron chi connectivity index (χ0n) is 12.6. The van der Waals surface area contributed by atoms with Gasteiger partial charge in [0.15, 0.2) is 0 Å². The monoisotopic (exact) mass is 375 g/mol. The molecule has 0 spiro atoms. The minimum atomic E-state index is -2.07. The summed E-state index contributed by atoms with van der Waals surface area (Å²) >= 11 is -2.07. The second-order valence-electron chi connectivity index (χ2n) is 5.83. The average molecular weight is 374 g/mol. The van der Waals surface area contributed by atoms with Crippen LogP contribution in [0.25, 0.3) is 12.2 Å². The van der Waals surface area contributed by atoms with Gasteiger partial charge in [0, 0.05) is 0 Å². The number of pyridine rings is 1. The van der Waals surface area contributed by atoms with Gasteiger partial charge in [-0.25, -0.2) is 0 Å². The van der Waals surface area contributed by atoms with Crippen LogP contribution in [0.5, 0.6) is 5.75 Å². The maximum atomic E-state index is 5.16. The fraction of sp³-hybridized carbons (Fsp3) is 0.235. The van der Waals surface area contributed by atoms with Crippen molar-refractivity contribution in [2.75, 3.05) is 7.11 Å². The number of aromatic nitrogens is 1. The molecule has 0 amide bonds. The predicted molar refractivity (Wildman–Crippen MR) is 89.1 cm³/mol. The summed E-state index contributed by atoms with van der Waals surface area (Å²) in [5.41, 5.74) is 2.39. The number of rotatable bonds is 4. The molecule has 3 heteroatoms. The van der Waals surface area contributed by atoms with Gasteiger partial charge in [-0.2, -0.15) is 0 Å². The second kappa shape index (κ2) is 6.44. The van der Waals surface area contributed by atoms with Crippen LogP contribution in [-0.4, -0.2) is 30.5 Å². The molecule has 0 N–H and O–H groups in total. The topological polar surface area (TPSA) is 22.1 Å². The second-order valence-corrected chi connectivity index (χ2v) is 20.1. The van der Waals surface area contributed by atoms with Gasteiger partial charge in [-0.1, -0.05) is 0 Å². The fourth-order valence-corrected chi connectivity index (χ4v) is 4.90. The van der Waals surface area contributed by atoms with Gasteiger partial charge in [0.05, 0.1) is 0 Å². The SMILES string of the molecule is COc1ccc(/C=C/c2ccn[c]([Sn]([CH3])([CH3])[CH3])c2)cc1. The predicted octanol–water partition coefficient (Wildman–Crippen LogP) is 3.81. The average Bonchev–Trinajstić information content (AvgIpc) is 2.45. The molecule has 0 aliphatic heterocycles. The Morgan fingerprint density at radius 1 is 0.950 bits per heavy atom. The van der Waals surface area contributed by atoms with E-state index in [9.17, 15) is 0 Å². The van der Waals surface area contributed by atoms with Crippen molar-refractivity contribution in [3.05, 3.63) is 53.7 Å². The van der Waals surface area contributed by atoms with Crippen molar-refractivity contribution in [2.45, 2.75) is 14.8 Å². The number of ether oxygens (including phenoxy) is 1. The van der Waals surface area contributed by atoms with E-state index < -0.39 is 18.4 Å². The Balaban J connectivity index is 2.18. The number of methoxy groups -OCH3 is 1. The molecule has 20 heavy (non-hydrogen) atoms. The third-order valence-corrected chi connectivity index (χ3v) is 8.30. The van der Waals surface area contributed by atoms with Crippen LogP contribution < -0.4 is 8.45 Å². The molecule has 1 heterocycles. The Labute approximate surface area is 125 Å². The van der Waals surface area contributed by atoms with Crippen molar-refractivity contribution in [3.8, 4) is 5.75 Å². The molecule has 0 bridgehead atoms. The van der Waals surface area contributed by atoms with Crippen LogP contribution >= 0.6 is 0 Å². The van der Waals surface area contributed by atoms with E-state index in [1.165, 1.54) is 14.8 Å². The molecule has 0 aliphatic rings. The van der Waals surface area contributed by atoms with Gasteiger partial charge in [-0.15, -0.1) is 0 Å². The van der Waals surface area contributed by atoms with Gasteiger partial charge < -0.3 is 0 Å². The third kappa shape index (κ3) is 4.10. The summed E-state index contributed by atoms with van der Waals surface area (Å²) in [5, 5.41) is 0. The van der Waals surface area contributed by atoms with E-state index in [4.69, 9.17) is 4.74 Å². The van der Waals surface area contributed by atoms with E-state index in [0.29, 0.717) is 0 Å². The Hall–Kier alpha value is -1.29. The van der Waals surface area contributed by atoms with Crippen LogP contribution in [0.4, 0.5) is 0 Å². The van der Waals surface area contributed by atoms with Gasteiger partial charge in [0.25, 0.3) is 0 Å². The number of nitrogens with zero attached hydrogens (tertiary/aromatic N) is 1. The number of hydrogen-bond acceptors (Lipinski definition) is 2. The molecule has 1 aromatic carbocycles. The summed E-state index contributed by atoms with van der Waals surface area (Å²) in [7, 11) is 1.68. The van der Waals surface area contributed by atoms with Crippen LogP contribution in [0.2, 0.25) is 14.8 Å². The molecular formula is C17H21NOSn. The number of hydrogen-bond donors (Lipinski definition) is 0. The van der Waals surface area contributed by atoms with Crippen molar-refractivity contribution in [3.63, 3.8) is 0 Å². The van der Waals surface area contributed by atoms with Crippen LogP contribution in [0.1, 0.15) is 11.1 Å². The molecule has 0 saturated heterocycles. The summed E-state index contributed by atoms with van der Waals surface area (Å²) in [6, 6.07) is 12.4. The summed E-state index contributed by atoms with van der Waals surface area (Å²) in [6.45, 7) is 0. The molecule has 0 atom stereocenters. The molecule has 2 nitrogen and oxygen atoms in total. The van der Waals surface area contributed by atoms with E-state index >= 15 is 0 Å². The van der Waals surface area contributed by atoms with Gasteiger partial charge in [0.1, 0.15) is 0 Å². The van der Waals surface area contributed by atoms with Crippen LogP contribution in [0, 0.1) is 0 Å². The first-order valence-corrected chi connectivity index (χ1v) is 16.8. The Morgan fingerprint density at radius 3 is 2.20 bits per heavy atom. The Morgan fingerprint density at radius 2 is 1.60 bits per heavy atom. The van der Waals surface area contributed by atoms with Gasteiger partial charge in [0.2, 0.25) is 0 Å². The normalized spacial score (nSPS) is 11.8. The molecule has 1 aromatic heterocycles. The molecule has 2 rings (SSSR count). The zero-order valence-corrected chi connectivity index (χ0v) is 15.4. The van der Waals surface area contributed by atoms with E-state index in [1.807, 2.05) is 18.3 Å². The Kier molecular flexibility index (Phi) is 4.86. The van der Waals surface area contributed by atoms with Gasteiger partial charge in [-0.05, 0) is 0 Å². The molecule has 2 aromatic rings. The van der Waals surface area contributed by atoms with Crippen molar-refractivity contribution < 1.29 is 4.74 Å². The molecule has 0 fully saturated rings. The fourth-order valence-electron chi connectivity index (χ4n) is 1.87. The van der Waals surface area contributed by atoms with Crippen LogP contribution in [0.15, 0.2) is 42.6 Å². The first-order valence-electron chi connectivity index (χ1n) is 6.78. The van der Waals surface area contributed by atoms with Gasteiger partial charge in [-0.3, -0.25) is 0 Å². The first-order chi connectivity index (χ1) is 9.49. The maximum absolute atomic E-state index is 5.16. The van der Waals surface area contributed by atoms with E-state index in [-0.39, 0.29) is 0 Å². The summed E-state index contributed by atoms with van der Waals surface area (Å²) < 4.78 is 6.48. The van der Waals surface area contributed by atoms with Crippen molar-refractivity contribution in [2.24, 2.45) is 0 Å². The van der Waals surface area contributed by atoms with E-state index in [1.54, 1.807) is 7.11 Å². The Bertz CT molecular complexity index is 597. The minimum absolute atomic E-state index is 0.884.